The first-order valence-corrected chi connectivity index (χ1v) is 7.76. The number of carbonyl (C=O) groups excluding carboxylic acids is 2. The molecule has 1 aliphatic heterocycles. The lowest BCUT2D eigenvalue weighted by atomic mass is 10.1. The maximum absolute atomic E-state index is 12.2. The Morgan fingerprint density at radius 2 is 2.32 bits per heavy atom. The van der Waals surface area contributed by atoms with Crippen molar-refractivity contribution >= 4 is 31.1 Å². The van der Waals surface area contributed by atoms with Gasteiger partial charge in [-0.05, 0) is 22.4 Å². The third-order valence-electron chi connectivity index (χ3n) is 2.90. The number of nitrogens with zero attached hydrogens (tertiary/aromatic N) is 1. The zero-order valence-corrected chi connectivity index (χ0v) is 11.7. The number of amides is 2. The van der Waals surface area contributed by atoms with Gasteiger partial charge in [0.05, 0.1) is 4.88 Å². The second kappa shape index (κ2) is 5.34. The highest BCUT2D eigenvalue weighted by Gasteiger charge is 2.57. The molecule has 2 heterocycles. The summed E-state index contributed by atoms with van der Waals surface area (Å²) in [5.41, 5.74) is 5.87. The van der Waals surface area contributed by atoms with Crippen LogP contribution in [-0.2, 0) is 9.36 Å². The van der Waals surface area contributed by atoms with E-state index in [1.54, 1.807) is 17.5 Å². The molecule has 2 atom stereocenters. The van der Waals surface area contributed by atoms with Crippen molar-refractivity contribution in [3.63, 3.8) is 0 Å². The fraction of sp³-hybridized carbons (Fsp3) is 0.400. The number of rotatable bonds is 3. The zero-order valence-electron chi connectivity index (χ0n) is 10.0. The standard InChI is InChI=1S/C10H13N4O3PS/c11-10(4-2-5-14(12)9(10)16)18(17)13-8(15)7-3-1-6-19-7/h1,3,6H,2,4-5,11-12H2/p+1/t10-/m0/s1. The largest absolute Gasteiger partial charge is 0.495 e. The molecule has 5 N–H and O–H groups in total. The van der Waals surface area contributed by atoms with E-state index in [-0.39, 0.29) is 6.42 Å². The van der Waals surface area contributed by atoms with E-state index in [9.17, 15) is 14.2 Å². The maximum Gasteiger partial charge on any atom is 0.495 e. The Balaban J connectivity index is 2.11. The molecule has 7 nitrogen and oxygen atoms in total. The van der Waals surface area contributed by atoms with Gasteiger partial charge in [-0.25, -0.2) is 5.84 Å². The first-order chi connectivity index (χ1) is 8.95. The highest BCUT2D eigenvalue weighted by molar-refractivity contribution is 7.46. The number of hydrazine groups is 1. The van der Waals surface area contributed by atoms with Gasteiger partial charge in [0.25, 0.3) is 0 Å². The van der Waals surface area contributed by atoms with E-state index in [0.717, 1.165) is 5.01 Å². The number of nitrogens with one attached hydrogen (secondary N) is 1. The lowest BCUT2D eigenvalue weighted by Gasteiger charge is -2.28. The topological polar surface area (TPSA) is 119 Å². The van der Waals surface area contributed by atoms with E-state index < -0.39 is 25.0 Å². The van der Waals surface area contributed by atoms with Crippen LogP contribution in [0.15, 0.2) is 17.5 Å². The minimum Gasteiger partial charge on any atom is -0.275 e. The second-order valence-electron chi connectivity index (χ2n) is 4.24. The zero-order chi connectivity index (χ0) is 14.0. The SMILES string of the molecule is NN1CCC[C@](N)([P+](=O)NC(=O)c2cccs2)C1=O. The number of nitrogens with two attached hydrogens (primary N) is 2. The van der Waals surface area contributed by atoms with Crippen LogP contribution in [0.2, 0.25) is 0 Å². The van der Waals surface area contributed by atoms with Crippen LogP contribution in [0.25, 0.3) is 0 Å². The predicted molar refractivity (Wildman–Crippen MR) is 71.4 cm³/mol. The monoisotopic (exact) mass is 301 g/mol. The molecule has 1 unspecified atom stereocenters. The molecule has 2 rings (SSSR count). The van der Waals surface area contributed by atoms with Crippen molar-refractivity contribution in [3.8, 4) is 0 Å². The van der Waals surface area contributed by atoms with Crippen molar-refractivity contribution < 1.29 is 14.2 Å². The van der Waals surface area contributed by atoms with Crippen LogP contribution in [0.3, 0.4) is 0 Å². The van der Waals surface area contributed by atoms with Crippen molar-refractivity contribution in [2.45, 2.75) is 18.1 Å². The third-order valence-corrected chi connectivity index (χ3v) is 5.31. The maximum atomic E-state index is 12.2. The molecule has 0 saturated carbocycles. The van der Waals surface area contributed by atoms with Crippen molar-refractivity contribution in [2.75, 3.05) is 6.54 Å². The Hall–Kier alpha value is -1.34. The van der Waals surface area contributed by atoms with Gasteiger partial charge in [0.2, 0.25) is 0 Å². The van der Waals surface area contributed by atoms with Gasteiger partial charge in [0.1, 0.15) is 0 Å². The number of thiophene rings is 1. The van der Waals surface area contributed by atoms with Crippen LogP contribution in [-0.4, -0.2) is 28.6 Å². The Kier molecular flexibility index (Phi) is 3.96. The molecular formula is C10H14N4O3PS+. The predicted octanol–water partition coefficient (Wildman–Crippen LogP) is 0.371. The van der Waals surface area contributed by atoms with Crippen LogP contribution in [0.5, 0.6) is 0 Å². The smallest absolute Gasteiger partial charge is 0.275 e. The first-order valence-electron chi connectivity index (χ1n) is 5.62. The average molecular weight is 301 g/mol. The van der Waals surface area contributed by atoms with E-state index in [2.05, 4.69) is 5.09 Å². The van der Waals surface area contributed by atoms with Gasteiger partial charge in [-0.15, -0.1) is 16.4 Å². The third kappa shape index (κ3) is 2.66. The van der Waals surface area contributed by atoms with Gasteiger partial charge in [-0.1, -0.05) is 6.07 Å². The van der Waals surface area contributed by atoms with Crippen LogP contribution in [0.1, 0.15) is 22.5 Å². The molecule has 0 bridgehead atoms. The fourth-order valence-electron chi connectivity index (χ4n) is 1.82. The van der Waals surface area contributed by atoms with E-state index in [0.29, 0.717) is 17.8 Å². The van der Waals surface area contributed by atoms with Crippen LogP contribution < -0.4 is 16.7 Å². The molecule has 0 aromatic carbocycles. The molecule has 1 saturated heterocycles. The molecule has 1 aliphatic rings. The molecule has 1 aromatic heterocycles. The summed E-state index contributed by atoms with van der Waals surface area (Å²) in [6.45, 7) is 0.375. The van der Waals surface area contributed by atoms with Gasteiger partial charge < -0.3 is 0 Å². The van der Waals surface area contributed by atoms with Gasteiger partial charge in [-0.2, -0.15) is 0 Å². The molecule has 102 valence electrons. The Morgan fingerprint density at radius 3 is 2.95 bits per heavy atom. The van der Waals surface area contributed by atoms with Crippen molar-refractivity contribution in [2.24, 2.45) is 11.6 Å². The minimum atomic E-state index is -2.43. The van der Waals surface area contributed by atoms with Gasteiger partial charge >= 0.3 is 25.0 Å². The van der Waals surface area contributed by atoms with Crippen LogP contribution in [0.4, 0.5) is 0 Å². The van der Waals surface area contributed by atoms with Crippen molar-refractivity contribution in [1.29, 1.82) is 0 Å². The Morgan fingerprint density at radius 1 is 1.58 bits per heavy atom. The Bertz CT molecular complexity index is 521. The summed E-state index contributed by atoms with van der Waals surface area (Å²) in [6.07, 6.45) is 0.786. The minimum absolute atomic E-state index is 0.236. The number of hydrogen-bond acceptors (Lipinski definition) is 6. The number of hydrogen-bond donors (Lipinski definition) is 3. The van der Waals surface area contributed by atoms with Gasteiger partial charge in [0, 0.05) is 13.0 Å². The molecule has 1 fully saturated rings. The van der Waals surface area contributed by atoms with Gasteiger partial charge in [-0.3, -0.25) is 20.3 Å². The molecule has 1 aromatic rings. The molecular weight excluding hydrogens is 287 g/mol. The summed E-state index contributed by atoms with van der Waals surface area (Å²) in [5, 5.41) is 3.36. The molecule has 0 spiro atoms. The second-order valence-corrected chi connectivity index (χ2v) is 6.80. The Labute approximate surface area is 114 Å². The first kappa shape index (κ1) is 14.1. The molecule has 2 amide bonds. The summed E-state index contributed by atoms with van der Waals surface area (Å²) in [6, 6.07) is 3.31. The molecule has 0 aliphatic carbocycles. The summed E-state index contributed by atoms with van der Waals surface area (Å²) in [4.78, 5) is 24.1. The quantitative estimate of drug-likeness (QED) is 0.423. The lowest BCUT2D eigenvalue weighted by Crippen LogP contribution is -2.60. The van der Waals surface area contributed by atoms with E-state index in [1.165, 1.54) is 11.3 Å². The fourth-order valence-corrected chi connectivity index (χ4v) is 3.68. The molecule has 9 heteroatoms. The summed E-state index contributed by atoms with van der Waals surface area (Å²) >= 11 is 1.22. The molecule has 19 heavy (non-hydrogen) atoms. The van der Waals surface area contributed by atoms with E-state index in [4.69, 9.17) is 11.6 Å². The van der Waals surface area contributed by atoms with Crippen LogP contribution in [0, 0.1) is 0 Å². The summed E-state index contributed by atoms with van der Waals surface area (Å²) in [5.74, 6) is 4.38. The van der Waals surface area contributed by atoms with E-state index >= 15 is 0 Å². The highest BCUT2D eigenvalue weighted by atomic mass is 32.1. The lowest BCUT2D eigenvalue weighted by molar-refractivity contribution is -0.136. The van der Waals surface area contributed by atoms with Crippen molar-refractivity contribution in [3.05, 3.63) is 22.4 Å². The summed E-state index contributed by atoms with van der Waals surface area (Å²) in [7, 11) is -2.43. The van der Waals surface area contributed by atoms with Gasteiger partial charge in [0.15, 0.2) is 0 Å². The number of carbonyl (C=O) groups is 2. The van der Waals surface area contributed by atoms with Crippen molar-refractivity contribution in [1.82, 2.24) is 10.1 Å². The highest BCUT2D eigenvalue weighted by Crippen LogP contribution is 2.38. The number of piperidine rings is 1. The normalized spacial score (nSPS) is 24.2. The average Bonchev–Trinajstić information content (AvgIpc) is 2.89. The van der Waals surface area contributed by atoms with Crippen LogP contribution >= 0.6 is 19.3 Å². The summed E-state index contributed by atoms with van der Waals surface area (Å²) < 4.78 is 12.2. The van der Waals surface area contributed by atoms with E-state index in [1.807, 2.05) is 0 Å². The molecule has 0 radical (unpaired) electrons.